The molecule has 0 aromatic heterocycles. The molecule has 1 atom stereocenters. The minimum absolute atomic E-state index is 0.0497. The van der Waals surface area contributed by atoms with Crippen molar-refractivity contribution in [3.63, 3.8) is 0 Å². The van der Waals surface area contributed by atoms with E-state index in [4.69, 9.17) is 9.47 Å². The first kappa shape index (κ1) is 16.1. The number of ether oxygens (including phenoxy) is 2. The Balaban J connectivity index is 2.50. The normalized spacial score (nSPS) is 11.6. The summed E-state index contributed by atoms with van der Waals surface area (Å²) < 4.78 is 10.4. The minimum atomic E-state index is 0.0497. The first-order valence-electron chi connectivity index (χ1n) is 6.86. The maximum atomic E-state index is 11.7. The Morgan fingerprint density at radius 1 is 1.30 bits per heavy atom. The Morgan fingerprint density at radius 3 is 2.65 bits per heavy atom. The summed E-state index contributed by atoms with van der Waals surface area (Å²) >= 11 is 0. The summed E-state index contributed by atoms with van der Waals surface area (Å²) in [6.45, 7) is 4.59. The highest BCUT2D eigenvalue weighted by atomic mass is 16.5. The highest BCUT2D eigenvalue weighted by molar-refractivity contribution is 5.76. The molecule has 0 heterocycles. The Labute approximate surface area is 120 Å². The number of methoxy groups -OCH3 is 2. The second-order valence-corrected chi connectivity index (χ2v) is 4.62. The van der Waals surface area contributed by atoms with Gasteiger partial charge in [0.1, 0.15) is 11.5 Å². The SMILES string of the molecule is CCC(C)NC(=O)CCNc1cc(OC)ccc1OC. The largest absolute Gasteiger partial charge is 0.497 e. The molecule has 0 bridgehead atoms. The van der Waals surface area contributed by atoms with Gasteiger partial charge < -0.3 is 20.1 Å². The van der Waals surface area contributed by atoms with Gasteiger partial charge in [0, 0.05) is 25.1 Å². The van der Waals surface area contributed by atoms with Crippen molar-refractivity contribution < 1.29 is 14.3 Å². The molecular formula is C15H24N2O3. The number of rotatable bonds is 8. The number of anilines is 1. The summed E-state index contributed by atoms with van der Waals surface area (Å²) in [5.74, 6) is 1.53. The number of carbonyl (C=O) groups excluding carboxylic acids is 1. The van der Waals surface area contributed by atoms with E-state index in [1.165, 1.54) is 0 Å². The van der Waals surface area contributed by atoms with Crippen LogP contribution in [0.2, 0.25) is 0 Å². The molecule has 0 aliphatic carbocycles. The number of carbonyl (C=O) groups is 1. The van der Waals surface area contributed by atoms with Gasteiger partial charge in [-0.1, -0.05) is 6.92 Å². The Morgan fingerprint density at radius 2 is 2.05 bits per heavy atom. The fourth-order valence-electron chi connectivity index (χ4n) is 1.71. The first-order chi connectivity index (χ1) is 9.60. The molecule has 0 saturated carbocycles. The van der Waals surface area contributed by atoms with Crippen molar-refractivity contribution in [2.24, 2.45) is 0 Å². The van der Waals surface area contributed by atoms with Crippen LogP contribution in [0.5, 0.6) is 11.5 Å². The maximum absolute atomic E-state index is 11.7. The Kier molecular flexibility index (Phi) is 6.70. The molecule has 1 amide bonds. The average molecular weight is 280 g/mol. The predicted molar refractivity (Wildman–Crippen MR) is 80.5 cm³/mol. The van der Waals surface area contributed by atoms with Crippen LogP contribution in [-0.4, -0.2) is 32.7 Å². The number of benzene rings is 1. The van der Waals surface area contributed by atoms with Crippen LogP contribution in [0, 0.1) is 0 Å². The van der Waals surface area contributed by atoms with Gasteiger partial charge in [0.25, 0.3) is 0 Å². The van der Waals surface area contributed by atoms with E-state index in [0.717, 1.165) is 23.6 Å². The molecule has 0 saturated heterocycles. The van der Waals surface area contributed by atoms with E-state index >= 15 is 0 Å². The molecule has 1 aromatic rings. The van der Waals surface area contributed by atoms with E-state index in [9.17, 15) is 4.79 Å². The lowest BCUT2D eigenvalue weighted by Gasteiger charge is -2.14. The second-order valence-electron chi connectivity index (χ2n) is 4.62. The summed E-state index contributed by atoms with van der Waals surface area (Å²) in [5.41, 5.74) is 0.822. The van der Waals surface area contributed by atoms with Gasteiger partial charge in [-0.15, -0.1) is 0 Å². The lowest BCUT2D eigenvalue weighted by atomic mass is 10.2. The molecule has 2 N–H and O–H groups in total. The van der Waals surface area contributed by atoms with Gasteiger partial charge in [0.05, 0.1) is 19.9 Å². The number of amides is 1. The highest BCUT2D eigenvalue weighted by Gasteiger charge is 2.07. The molecule has 0 aliphatic heterocycles. The van der Waals surface area contributed by atoms with Gasteiger partial charge in [-0.05, 0) is 25.5 Å². The van der Waals surface area contributed by atoms with Crippen LogP contribution in [0.15, 0.2) is 18.2 Å². The van der Waals surface area contributed by atoms with Gasteiger partial charge in [-0.3, -0.25) is 4.79 Å². The van der Waals surface area contributed by atoms with E-state index < -0.39 is 0 Å². The van der Waals surface area contributed by atoms with Crippen LogP contribution in [-0.2, 0) is 4.79 Å². The smallest absolute Gasteiger partial charge is 0.221 e. The zero-order valence-corrected chi connectivity index (χ0v) is 12.7. The molecule has 112 valence electrons. The quantitative estimate of drug-likeness (QED) is 0.768. The van der Waals surface area contributed by atoms with Gasteiger partial charge >= 0.3 is 0 Å². The van der Waals surface area contributed by atoms with E-state index in [1.54, 1.807) is 14.2 Å². The van der Waals surface area contributed by atoms with Crippen molar-refractivity contribution in [2.45, 2.75) is 32.7 Å². The number of nitrogens with one attached hydrogen (secondary N) is 2. The highest BCUT2D eigenvalue weighted by Crippen LogP contribution is 2.28. The topological polar surface area (TPSA) is 59.6 Å². The van der Waals surface area contributed by atoms with Crippen molar-refractivity contribution >= 4 is 11.6 Å². The molecule has 0 spiro atoms. The molecule has 0 aliphatic rings. The van der Waals surface area contributed by atoms with Crippen LogP contribution in [0.4, 0.5) is 5.69 Å². The van der Waals surface area contributed by atoms with Gasteiger partial charge in [-0.25, -0.2) is 0 Å². The van der Waals surface area contributed by atoms with Crippen LogP contribution in [0.3, 0.4) is 0 Å². The summed E-state index contributed by atoms with van der Waals surface area (Å²) in [5, 5.41) is 6.13. The molecule has 1 unspecified atom stereocenters. The lowest BCUT2D eigenvalue weighted by Crippen LogP contribution is -2.32. The van der Waals surface area contributed by atoms with Crippen molar-refractivity contribution in [3.05, 3.63) is 18.2 Å². The predicted octanol–water partition coefficient (Wildman–Crippen LogP) is 2.42. The van der Waals surface area contributed by atoms with Crippen molar-refractivity contribution in [1.82, 2.24) is 5.32 Å². The molecule has 1 rings (SSSR count). The van der Waals surface area contributed by atoms with Crippen LogP contribution in [0.1, 0.15) is 26.7 Å². The number of hydrogen-bond donors (Lipinski definition) is 2. The van der Waals surface area contributed by atoms with E-state index in [2.05, 4.69) is 10.6 Å². The fraction of sp³-hybridized carbons (Fsp3) is 0.533. The number of hydrogen-bond acceptors (Lipinski definition) is 4. The van der Waals surface area contributed by atoms with Crippen LogP contribution in [0.25, 0.3) is 0 Å². The van der Waals surface area contributed by atoms with Gasteiger partial charge in [-0.2, -0.15) is 0 Å². The third-order valence-electron chi connectivity index (χ3n) is 3.09. The zero-order valence-electron chi connectivity index (χ0n) is 12.7. The monoisotopic (exact) mass is 280 g/mol. The van der Waals surface area contributed by atoms with Gasteiger partial charge in [0.15, 0.2) is 0 Å². The zero-order chi connectivity index (χ0) is 15.0. The van der Waals surface area contributed by atoms with E-state index in [0.29, 0.717) is 13.0 Å². The van der Waals surface area contributed by atoms with E-state index in [1.807, 2.05) is 32.0 Å². The van der Waals surface area contributed by atoms with Crippen molar-refractivity contribution in [3.8, 4) is 11.5 Å². The first-order valence-corrected chi connectivity index (χ1v) is 6.86. The summed E-state index contributed by atoms with van der Waals surface area (Å²) in [4.78, 5) is 11.7. The summed E-state index contributed by atoms with van der Waals surface area (Å²) in [6, 6.07) is 5.74. The third kappa shape index (κ3) is 4.99. The molecule has 0 fully saturated rings. The maximum Gasteiger partial charge on any atom is 0.221 e. The van der Waals surface area contributed by atoms with E-state index in [-0.39, 0.29) is 11.9 Å². The minimum Gasteiger partial charge on any atom is -0.497 e. The molecule has 5 heteroatoms. The molecule has 0 radical (unpaired) electrons. The molecular weight excluding hydrogens is 256 g/mol. The summed E-state index contributed by atoms with van der Waals surface area (Å²) in [7, 11) is 3.23. The third-order valence-corrected chi connectivity index (χ3v) is 3.09. The standard InChI is InChI=1S/C15H24N2O3/c1-5-11(2)17-15(18)8-9-16-13-10-12(19-3)6-7-14(13)20-4/h6-7,10-11,16H,5,8-9H2,1-4H3,(H,17,18). The van der Waals surface area contributed by atoms with Crippen LogP contribution < -0.4 is 20.1 Å². The van der Waals surface area contributed by atoms with Crippen LogP contribution >= 0.6 is 0 Å². The van der Waals surface area contributed by atoms with Crippen molar-refractivity contribution in [1.29, 1.82) is 0 Å². The Hall–Kier alpha value is -1.91. The molecule has 1 aromatic carbocycles. The lowest BCUT2D eigenvalue weighted by molar-refractivity contribution is -0.121. The van der Waals surface area contributed by atoms with Gasteiger partial charge in [0.2, 0.25) is 5.91 Å². The molecule has 20 heavy (non-hydrogen) atoms. The summed E-state index contributed by atoms with van der Waals surface area (Å²) in [6.07, 6.45) is 1.35. The Bertz CT molecular complexity index is 435. The van der Waals surface area contributed by atoms with Crippen molar-refractivity contribution in [2.75, 3.05) is 26.1 Å². The fourth-order valence-corrected chi connectivity index (χ4v) is 1.71. The second kappa shape index (κ2) is 8.30. The molecule has 5 nitrogen and oxygen atoms in total. The average Bonchev–Trinajstić information content (AvgIpc) is 2.46.